The number of ether oxygens (including phenoxy) is 1. The number of hydrogen-bond acceptors (Lipinski definition) is 4. The Labute approximate surface area is 138 Å². The van der Waals surface area contributed by atoms with Crippen LogP contribution in [-0.2, 0) is 11.2 Å². The number of fused-ring (bicyclic) bond motifs is 1. The van der Waals surface area contributed by atoms with Crippen LogP contribution in [-0.4, -0.2) is 29.9 Å². The first-order chi connectivity index (χ1) is 10.8. The molecule has 23 heavy (non-hydrogen) atoms. The summed E-state index contributed by atoms with van der Waals surface area (Å²) in [7, 11) is 0. The minimum atomic E-state index is -0.459. The second kappa shape index (κ2) is 7.68. The lowest BCUT2D eigenvalue weighted by Crippen LogP contribution is -2.34. The van der Waals surface area contributed by atoms with Crippen LogP contribution in [0.2, 0.25) is 0 Å². The van der Waals surface area contributed by atoms with Gasteiger partial charge in [0, 0.05) is 12.6 Å². The summed E-state index contributed by atoms with van der Waals surface area (Å²) in [6.07, 6.45) is 3.75. The standard InChI is InChI=1S/C18H28N2O3/c1-18(2,3)23-17(22)20-11-5-10-19-16-7-4-6-13-12-14(21)8-9-15(13)16/h8-9,12,16,19,21H,4-7,10-11H2,1-3H3,(H,20,22). The molecule has 0 spiro atoms. The minimum Gasteiger partial charge on any atom is -0.508 e. The highest BCUT2D eigenvalue weighted by Gasteiger charge is 2.20. The fourth-order valence-corrected chi connectivity index (χ4v) is 2.88. The van der Waals surface area contributed by atoms with Crippen LogP contribution in [0.4, 0.5) is 4.79 Å². The Morgan fingerprint density at radius 2 is 2.13 bits per heavy atom. The predicted octanol–water partition coefficient (Wildman–Crippen LogP) is 3.27. The topological polar surface area (TPSA) is 70.6 Å². The number of phenolic OH excluding ortho intramolecular Hbond substituents is 1. The number of hydrogen-bond donors (Lipinski definition) is 3. The first-order valence-electron chi connectivity index (χ1n) is 8.37. The van der Waals surface area contributed by atoms with Crippen LogP contribution in [0.5, 0.6) is 5.75 Å². The van der Waals surface area contributed by atoms with E-state index in [9.17, 15) is 9.90 Å². The number of alkyl carbamates (subject to hydrolysis) is 1. The molecule has 5 nitrogen and oxygen atoms in total. The van der Waals surface area contributed by atoms with Gasteiger partial charge in [-0.2, -0.15) is 0 Å². The molecular weight excluding hydrogens is 292 g/mol. The maximum absolute atomic E-state index is 11.5. The van der Waals surface area contributed by atoms with Gasteiger partial charge >= 0.3 is 6.09 Å². The molecule has 2 rings (SSSR count). The molecule has 1 atom stereocenters. The van der Waals surface area contributed by atoms with Crippen LogP contribution in [0.3, 0.4) is 0 Å². The van der Waals surface area contributed by atoms with E-state index < -0.39 is 5.60 Å². The number of phenols is 1. The van der Waals surface area contributed by atoms with Crippen molar-refractivity contribution in [2.75, 3.05) is 13.1 Å². The van der Waals surface area contributed by atoms with Crippen molar-refractivity contribution in [3.05, 3.63) is 29.3 Å². The zero-order valence-corrected chi connectivity index (χ0v) is 14.3. The van der Waals surface area contributed by atoms with Gasteiger partial charge in [0.05, 0.1) is 0 Å². The summed E-state index contributed by atoms with van der Waals surface area (Å²) in [6, 6.07) is 5.97. The van der Waals surface area contributed by atoms with E-state index in [1.807, 2.05) is 32.9 Å². The van der Waals surface area contributed by atoms with E-state index in [0.29, 0.717) is 18.3 Å². The van der Waals surface area contributed by atoms with E-state index in [2.05, 4.69) is 10.6 Å². The Kier molecular flexibility index (Phi) is 5.88. The predicted molar refractivity (Wildman–Crippen MR) is 90.6 cm³/mol. The minimum absolute atomic E-state index is 0.334. The van der Waals surface area contributed by atoms with Gasteiger partial charge in [-0.3, -0.25) is 0 Å². The zero-order valence-electron chi connectivity index (χ0n) is 14.3. The number of aryl methyl sites for hydroxylation is 1. The SMILES string of the molecule is CC(C)(C)OC(=O)NCCCNC1CCCc2cc(O)ccc21. The van der Waals surface area contributed by atoms with Crippen LogP contribution in [0.15, 0.2) is 18.2 Å². The van der Waals surface area contributed by atoms with Crippen molar-refractivity contribution in [3.63, 3.8) is 0 Å². The molecule has 0 saturated heterocycles. The third kappa shape index (κ3) is 5.75. The molecule has 1 aliphatic carbocycles. The first-order valence-corrected chi connectivity index (χ1v) is 8.37. The van der Waals surface area contributed by atoms with Crippen molar-refractivity contribution in [2.45, 2.75) is 58.1 Å². The van der Waals surface area contributed by atoms with Crippen molar-refractivity contribution >= 4 is 6.09 Å². The highest BCUT2D eigenvalue weighted by Crippen LogP contribution is 2.31. The quantitative estimate of drug-likeness (QED) is 0.728. The van der Waals surface area contributed by atoms with Crippen LogP contribution in [0.25, 0.3) is 0 Å². The highest BCUT2D eigenvalue weighted by atomic mass is 16.6. The van der Waals surface area contributed by atoms with Crippen LogP contribution < -0.4 is 10.6 Å². The molecule has 0 heterocycles. The van der Waals surface area contributed by atoms with Crippen LogP contribution >= 0.6 is 0 Å². The lowest BCUT2D eigenvalue weighted by atomic mass is 9.87. The smallest absolute Gasteiger partial charge is 0.407 e. The second-order valence-corrected chi connectivity index (χ2v) is 7.06. The van der Waals surface area contributed by atoms with Crippen LogP contribution in [0.1, 0.15) is 57.2 Å². The Balaban J connectivity index is 1.71. The molecule has 0 bridgehead atoms. The lowest BCUT2D eigenvalue weighted by molar-refractivity contribution is 0.0527. The molecule has 1 aromatic rings. The molecule has 1 aromatic carbocycles. The Bertz CT molecular complexity index is 538. The third-order valence-electron chi connectivity index (χ3n) is 3.85. The number of benzene rings is 1. The number of nitrogens with one attached hydrogen (secondary N) is 2. The summed E-state index contributed by atoms with van der Waals surface area (Å²) in [5, 5.41) is 15.9. The Hall–Kier alpha value is -1.75. The molecule has 128 valence electrons. The maximum atomic E-state index is 11.5. The van der Waals surface area contributed by atoms with Gasteiger partial charge in [0.1, 0.15) is 11.4 Å². The van der Waals surface area contributed by atoms with Gasteiger partial charge in [-0.05, 0) is 76.3 Å². The van der Waals surface area contributed by atoms with Gasteiger partial charge in [-0.1, -0.05) is 6.07 Å². The first kappa shape index (κ1) is 17.6. The summed E-state index contributed by atoms with van der Waals surface area (Å²) in [5.74, 6) is 0.339. The van der Waals surface area contributed by atoms with Gasteiger partial charge < -0.3 is 20.5 Å². The van der Waals surface area contributed by atoms with E-state index in [1.54, 1.807) is 6.07 Å². The van der Waals surface area contributed by atoms with E-state index in [-0.39, 0.29) is 6.09 Å². The van der Waals surface area contributed by atoms with E-state index in [4.69, 9.17) is 4.74 Å². The van der Waals surface area contributed by atoms with E-state index in [0.717, 1.165) is 32.2 Å². The fourth-order valence-electron chi connectivity index (χ4n) is 2.88. The molecule has 0 aromatic heterocycles. The van der Waals surface area contributed by atoms with Gasteiger partial charge in [-0.25, -0.2) is 4.79 Å². The monoisotopic (exact) mass is 320 g/mol. The molecule has 0 radical (unpaired) electrons. The molecule has 1 amide bonds. The summed E-state index contributed by atoms with van der Waals surface area (Å²) in [5.41, 5.74) is 2.06. The number of aromatic hydroxyl groups is 1. The van der Waals surface area contributed by atoms with Gasteiger partial charge in [0.15, 0.2) is 0 Å². The van der Waals surface area contributed by atoms with Gasteiger partial charge in [0.2, 0.25) is 0 Å². The zero-order chi connectivity index (χ0) is 16.9. The average molecular weight is 320 g/mol. The van der Waals surface area contributed by atoms with Crippen molar-refractivity contribution in [1.82, 2.24) is 10.6 Å². The lowest BCUT2D eigenvalue weighted by Gasteiger charge is -2.26. The maximum Gasteiger partial charge on any atom is 0.407 e. The number of carbonyl (C=O) groups excluding carboxylic acids is 1. The number of amides is 1. The summed E-state index contributed by atoms with van der Waals surface area (Å²) < 4.78 is 5.20. The Morgan fingerprint density at radius 1 is 1.35 bits per heavy atom. The molecule has 3 N–H and O–H groups in total. The normalized spacial score (nSPS) is 17.4. The molecule has 0 saturated carbocycles. The van der Waals surface area contributed by atoms with Crippen molar-refractivity contribution in [2.24, 2.45) is 0 Å². The van der Waals surface area contributed by atoms with Crippen molar-refractivity contribution < 1.29 is 14.6 Å². The fraction of sp³-hybridized carbons (Fsp3) is 0.611. The molecule has 0 fully saturated rings. The van der Waals surface area contributed by atoms with Gasteiger partial charge in [0.25, 0.3) is 0 Å². The summed E-state index contributed by atoms with van der Waals surface area (Å²) in [4.78, 5) is 11.5. The van der Waals surface area contributed by atoms with E-state index >= 15 is 0 Å². The second-order valence-electron chi connectivity index (χ2n) is 7.06. The Morgan fingerprint density at radius 3 is 2.87 bits per heavy atom. The third-order valence-corrected chi connectivity index (χ3v) is 3.85. The van der Waals surface area contributed by atoms with Gasteiger partial charge in [-0.15, -0.1) is 0 Å². The molecule has 1 unspecified atom stereocenters. The van der Waals surface area contributed by atoms with Crippen LogP contribution in [0, 0.1) is 0 Å². The number of rotatable bonds is 5. The summed E-state index contributed by atoms with van der Waals surface area (Å²) in [6.45, 7) is 6.99. The molecular formula is C18H28N2O3. The average Bonchev–Trinajstić information content (AvgIpc) is 2.44. The highest BCUT2D eigenvalue weighted by molar-refractivity contribution is 5.67. The molecule has 1 aliphatic rings. The van der Waals surface area contributed by atoms with E-state index in [1.165, 1.54) is 11.1 Å². The molecule has 5 heteroatoms. The van der Waals surface area contributed by atoms with Crippen molar-refractivity contribution in [3.8, 4) is 5.75 Å². The number of carbonyl (C=O) groups is 1. The molecule has 0 aliphatic heterocycles. The largest absolute Gasteiger partial charge is 0.508 e. The van der Waals surface area contributed by atoms with Crippen molar-refractivity contribution in [1.29, 1.82) is 0 Å². The summed E-state index contributed by atoms with van der Waals surface area (Å²) >= 11 is 0.